The maximum atomic E-state index is 13.8. The van der Waals surface area contributed by atoms with Crippen LogP contribution in [0.15, 0.2) is 12.3 Å². The van der Waals surface area contributed by atoms with E-state index in [1.165, 1.54) is 4.80 Å². The highest BCUT2D eigenvalue weighted by Crippen LogP contribution is 2.34. The Morgan fingerprint density at radius 2 is 1.93 bits per heavy atom. The summed E-state index contributed by atoms with van der Waals surface area (Å²) in [5, 5.41) is 9.56. The lowest BCUT2D eigenvalue weighted by molar-refractivity contribution is 0.0257. The molecule has 154 valence electrons. The Morgan fingerprint density at radius 1 is 1.17 bits per heavy atom. The van der Waals surface area contributed by atoms with Crippen LogP contribution in [0.3, 0.4) is 0 Å². The molecule has 11 heteroatoms. The first-order valence-corrected chi connectivity index (χ1v) is 9.84. The SMILES string of the molecule is CC(C)(C)c1nc(N2CCC(F)(F)C2)c2nn(Cc3nccc(Cl)c3Cl)nc2n1. The van der Waals surface area contributed by atoms with Crippen LogP contribution in [0.25, 0.3) is 11.2 Å². The number of rotatable bonds is 3. The van der Waals surface area contributed by atoms with Gasteiger partial charge in [0.1, 0.15) is 12.4 Å². The summed E-state index contributed by atoms with van der Waals surface area (Å²) < 4.78 is 27.7. The van der Waals surface area contributed by atoms with Crippen LogP contribution in [0.4, 0.5) is 14.6 Å². The molecular formula is C18H19Cl2F2N7. The molecule has 4 heterocycles. The molecule has 0 unspecified atom stereocenters. The lowest BCUT2D eigenvalue weighted by Crippen LogP contribution is -2.27. The van der Waals surface area contributed by atoms with Crippen molar-refractivity contribution in [3.05, 3.63) is 33.8 Å². The number of fused-ring (bicyclic) bond motifs is 1. The fraction of sp³-hybridized carbons (Fsp3) is 0.500. The zero-order chi connectivity index (χ0) is 21.0. The Balaban J connectivity index is 1.80. The van der Waals surface area contributed by atoms with Gasteiger partial charge in [-0.15, -0.1) is 10.2 Å². The van der Waals surface area contributed by atoms with Crippen LogP contribution in [0.2, 0.25) is 10.0 Å². The molecule has 7 nitrogen and oxygen atoms in total. The molecule has 0 radical (unpaired) electrons. The third-order valence-electron chi connectivity index (χ3n) is 4.62. The average Bonchev–Trinajstić information content (AvgIpc) is 3.19. The number of aromatic nitrogens is 6. The standard InChI is InChI=1S/C18H19Cl2F2N7/c1-17(2,3)16-24-14-13(15(25-16)28-7-5-18(21,22)9-28)26-29(27-14)8-11-12(20)10(19)4-6-23-11/h4,6H,5,7-9H2,1-3H3. The molecule has 3 aromatic heterocycles. The highest BCUT2D eigenvalue weighted by Gasteiger charge is 2.40. The van der Waals surface area contributed by atoms with E-state index >= 15 is 0 Å². The van der Waals surface area contributed by atoms with Gasteiger partial charge < -0.3 is 4.90 Å². The fourth-order valence-electron chi connectivity index (χ4n) is 3.09. The van der Waals surface area contributed by atoms with Crippen LogP contribution in [-0.2, 0) is 12.0 Å². The minimum atomic E-state index is -2.76. The molecular weight excluding hydrogens is 423 g/mol. The lowest BCUT2D eigenvalue weighted by Gasteiger charge is -2.21. The monoisotopic (exact) mass is 441 g/mol. The van der Waals surface area contributed by atoms with E-state index in [9.17, 15) is 8.78 Å². The van der Waals surface area contributed by atoms with E-state index in [0.717, 1.165) is 0 Å². The molecule has 0 spiro atoms. The molecule has 1 fully saturated rings. The maximum absolute atomic E-state index is 13.8. The second kappa shape index (κ2) is 6.98. The van der Waals surface area contributed by atoms with Crippen LogP contribution in [0.5, 0.6) is 0 Å². The number of alkyl halides is 2. The van der Waals surface area contributed by atoms with E-state index in [4.69, 9.17) is 23.2 Å². The van der Waals surface area contributed by atoms with Crippen molar-refractivity contribution in [2.45, 2.75) is 45.1 Å². The number of halogens is 4. The molecule has 0 N–H and O–H groups in total. The minimum absolute atomic E-state index is 0.163. The van der Waals surface area contributed by atoms with Crippen molar-refractivity contribution in [2.75, 3.05) is 18.0 Å². The topological polar surface area (TPSA) is 72.6 Å². The Morgan fingerprint density at radius 3 is 2.59 bits per heavy atom. The van der Waals surface area contributed by atoms with Gasteiger partial charge in [0.25, 0.3) is 5.92 Å². The van der Waals surface area contributed by atoms with Gasteiger partial charge in [0.15, 0.2) is 11.3 Å². The molecule has 0 atom stereocenters. The van der Waals surface area contributed by atoms with Crippen molar-refractivity contribution in [2.24, 2.45) is 0 Å². The molecule has 1 saturated heterocycles. The lowest BCUT2D eigenvalue weighted by atomic mass is 9.96. The maximum Gasteiger partial charge on any atom is 0.266 e. The number of hydrogen-bond acceptors (Lipinski definition) is 6. The molecule has 1 aliphatic heterocycles. The summed E-state index contributed by atoms with van der Waals surface area (Å²) in [6.45, 7) is 5.81. The molecule has 0 bridgehead atoms. The van der Waals surface area contributed by atoms with Gasteiger partial charge in [0.2, 0.25) is 5.65 Å². The van der Waals surface area contributed by atoms with Crippen molar-refractivity contribution in [1.82, 2.24) is 29.9 Å². The third kappa shape index (κ3) is 3.98. The van der Waals surface area contributed by atoms with Crippen molar-refractivity contribution < 1.29 is 8.78 Å². The largest absolute Gasteiger partial charge is 0.348 e. The van der Waals surface area contributed by atoms with E-state index in [0.29, 0.717) is 38.5 Å². The third-order valence-corrected chi connectivity index (χ3v) is 5.45. The predicted octanol–water partition coefficient (Wildman–Crippen LogP) is 4.11. The second-order valence-electron chi connectivity index (χ2n) is 8.10. The van der Waals surface area contributed by atoms with Gasteiger partial charge in [0, 0.05) is 24.6 Å². The summed E-state index contributed by atoms with van der Waals surface area (Å²) >= 11 is 12.3. The van der Waals surface area contributed by atoms with Gasteiger partial charge in [-0.3, -0.25) is 4.98 Å². The van der Waals surface area contributed by atoms with Crippen LogP contribution in [0.1, 0.15) is 38.7 Å². The zero-order valence-corrected chi connectivity index (χ0v) is 17.6. The summed E-state index contributed by atoms with van der Waals surface area (Å²) in [4.78, 5) is 16.2. The Labute approximate surface area is 176 Å². The van der Waals surface area contributed by atoms with Crippen LogP contribution in [0, 0.1) is 0 Å². The van der Waals surface area contributed by atoms with Crippen LogP contribution in [-0.4, -0.2) is 49.0 Å². The molecule has 29 heavy (non-hydrogen) atoms. The zero-order valence-electron chi connectivity index (χ0n) is 16.1. The minimum Gasteiger partial charge on any atom is -0.348 e. The quantitative estimate of drug-likeness (QED) is 0.608. The van der Waals surface area contributed by atoms with E-state index in [1.807, 2.05) is 20.8 Å². The highest BCUT2D eigenvalue weighted by atomic mass is 35.5. The normalized spacial score (nSPS) is 16.7. The van der Waals surface area contributed by atoms with Crippen LogP contribution < -0.4 is 4.90 Å². The predicted molar refractivity (Wildman–Crippen MR) is 107 cm³/mol. The highest BCUT2D eigenvalue weighted by molar-refractivity contribution is 6.42. The molecule has 0 aromatic carbocycles. The van der Waals surface area contributed by atoms with Gasteiger partial charge in [-0.25, -0.2) is 18.7 Å². The summed E-state index contributed by atoms with van der Waals surface area (Å²) in [5.41, 5.74) is 0.826. The van der Waals surface area contributed by atoms with Gasteiger partial charge in [0.05, 0.1) is 22.3 Å². The van der Waals surface area contributed by atoms with Crippen molar-refractivity contribution >= 4 is 40.2 Å². The Hall–Kier alpha value is -2.13. The van der Waals surface area contributed by atoms with Crippen LogP contribution >= 0.6 is 23.2 Å². The van der Waals surface area contributed by atoms with Gasteiger partial charge >= 0.3 is 0 Å². The molecule has 3 aromatic rings. The molecule has 0 amide bonds. The smallest absolute Gasteiger partial charge is 0.266 e. The summed E-state index contributed by atoms with van der Waals surface area (Å²) in [6, 6.07) is 1.59. The first-order valence-electron chi connectivity index (χ1n) is 9.08. The Kier molecular flexibility index (Phi) is 4.85. The molecule has 0 aliphatic carbocycles. The summed E-state index contributed by atoms with van der Waals surface area (Å²) in [5.74, 6) is -1.87. The first kappa shape index (κ1) is 20.2. The molecule has 0 saturated carbocycles. The summed E-state index contributed by atoms with van der Waals surface area (Å²) in [7, 11) is 0. The number of pyridine rings is 1. The van der Waals surface area contributed by atoms with Gasteiger partial charge in [-0.05, 0) is 6.07 Å². The summed E-state index contributed by atoms with van der Waals surface area (Å²) in [6.07, 6.45) is 1.32. The molecule has 1 aliphatic rings. The van der Waals surface area contributed by atoms with Gasteiger partial charge in [-0.2, -0.15) is 4.80 Å². The molecule has 4 rings (SSSR count). The number of nitrogens with zero attached hydrogens (tertiary/aromatic N) is 7. The van der Waals surface area contributed by atoms with Crippen molar-refractivity contribution in [3.8, 4) is 0 Å². The van der Waals surface area contributed by atoms with E-state index in [2.05, 4.69) is 25.1 Å². The van der Waals surface area contributed by atoms with E-state index < -0.39 is 12.5 Å². The number of hydrogen-bond donors (Lipinski definition) is 0. The Bertz CT molecular complexity index is 1080. The van der Waals surface area contributed by atoms with E-state index in [1.54, 1.807) is 17.2 Å². The first-order chi connectivity index (χ1) is 13.5. The fourth-order valence-corrected chi connectivity index (χ4v) is 3.42. The average molecular weight is 442 g/mol. The van der Waals surface area contributed by atoms with Crippen molar-refractivity contribution in [3.63, 3.8) is 0 Å². The van der Waals surface area contributed by atoms with Gasteiger partial charge in [-0.1, -0.05) is 44.0 Å². The second-order valence-corrected chi connectivity index (χ2v) is 8.89. The van der Waals surface area contributed by atoms with Crippen molar-refractivity contribution in [1.29, 1.82) is 0 Å². The number of anilines is 1. The van der Waals surface area contributed by atoms with E-state index in [-0.39, 0.29) is 24.9 Å².